The molecule has 8 nitrogen and oxygen atoms in total. The summed E-state index contributed by atoms with van der Waals surface area (Å²) in [7, 11) is 1.59. The number of nitrogens with zero attached hydrogens (tertiary/aromatic N) is 1. The monoisotopic (exact) mass is 439 g/mol. The number of hydrazine groups is 1. The Bertz CT molecular complexity index is 1070. The fourth-order valence-electron chi connectivity index (χ4n) is 3.13. The van der Waals surface area contributed by atoms with Gasteiger partial charge in [-0.25, -0.2) is 10.2 Å². The van der Waals surface area contributed by atoms with E-state index in [9.17, 15) is 9.59 Å². The van der Waals surface area contributed by atoms with Crippen LogP contribution in [0, 0.1) is 0 Å². The van der Waals surface area contributed by atoms with Gasteiger partial charge in [-0.15, -0.1) is 11.3 Å². The van der Waals surface area contributed by atoms with Crippen LogP contribution in [0.3, 0.4) is 0 Å². The molecular weight excluding hydrogens is 418 g/mol. The number of nitrogens with one attached hydrogen (secondary N) is 2. The molecule has 0 aliphatic carbocycles. The lowest BCUT2D eigenvalue weighted by molar-refractivity contribution is 0.0928. The van der Waals surface area contributed by atoms with Crippen LogP contribution in [-0.4, -0.2) is 30.7 Å². The van der Waals surface area contributed by atoms with Gasteiger partial charge in [0.2, 0.25) is 6.79 Å². The van der Waals surface area contributed by atoms with Crippen molar-refractivity contribution in [3.05, 3.63) is 76.0 Å². The van der Waals surface area contributed by atoms with Crippen molar-refractivity contribution in [2.75, 3.05) is 13.9 Å². The molecule has 0 saturated heterocycles. The van der Waals surface area contributed by atoms with E-state index in [-0.39, 0.29) is 6.79 Å². The quantitative estimate of drug-likeness (QED) is 0.574. The highest BCUT2D eigenvalue weighted by Crippen LogP contribution is 2.32. The molecule has 4 rings (SSSR count). The van der Waals surface area contributed by atoms with Crippen LogP contribution in [0.15, 0.2) is 60.0 Å². The number of ether oxygens (including phenoxy) is 3. The smallest absolute Gasteiger partial charge is 0.336 e. The first-order chi connectivity index (χ1) is 15.1. The second kappa shape index (κ2) is 9.40. The number of carbonyl (C=O) groups is 2. The van der Waals surface area contributed by atoms with E-state index in [0.717, 1.165) is 10.4 Å². The van der Waals surface area contributed by atoms with Crippen molar-refractivity contribution in [2.24, 2.45) is 0 Å². The van der Waals surface area contributed by atoms with Crippen LogP contribution < -0.4 is 25.1 Å². The highest BCUT2D eigenvalue weighted by atomic mass is 32.1. The summed E-state index contributed by atoms with van der Waals surface area (Å²) in [6, 6.07) is 15.8. The average molecular weight is 439 g/mol. The van der Waals surface area contributed by atoms with Crippen LogP contribution >= 0.6 is 11.3 Å². The summed E-state index contributed by atoms with van der Waals surface area (Å²) >= 11 is 1.56. The zero-order chi connectivity index (χ0) is 21.6. The molecule has 2 N–H and O–H groups in total. The van der Waals surface area contributed by atoms with Crippen LogP contribution in [0.2, 0.25) is 0 Å². The molecule has 0 bridgehead atoms. The number of rotatable bonds is 6. The van der Waals surface area contributed by atoms with Gasteiger partial charge in [-0.1, -0.05) is 24.3 Å². The van der Waals surface area contributed by atoms with E-state index in [0.29, 0.717) is 35.9 Å². The van der Waals surface area contributed by atoms with Crippen molar-refractivity contribution in [1.82, 2.24) is 15.8 Å². The molecule has 3 aromatic rings. The van der Waals surface area contributed by atoms with Gasteiger partial charge in [0.05, 0.1) is 20.2 Å². The summed E-state index contributed by atoms with van der Waals surface area (Å²) in [4.78, 5) is 28.0. The minimum absolute atomic E-state index is 0.123. The van der Waals surface area contributed by atoms with Crippen molar-refractivity contribution in [3.63, 3.8) is 0 Å². The van der Waals surface area contributed by atoms with Gasteiger partial charge in [-0.2, -0.15) is 0 Å². The highest BCUT2D eigenvalue weighted by Gasteiger charge is 2.20. The third-order valence-corrected chi connectivity index (χ3v) is 5.55. The number of urea groups is 1. The molecule has 1 aromatic heterocycles. The third-order valence-electron chi connectivity index (χ3n) is 4.69. The largest absolute Gasteiger partial charge is 0.496 e. The minimum atomic E-state index is -0.458. The molecule has 2 heterocycles. The number of hydrogen-bond acceptors (Lipinski definition) is 6. The molecule has 3 amide bonds. The summed E-state index contributed by atoms with van der Waals surface area (Å²) in [5.41, 5.74) is 6.16. The van der Waals surface area contributed by atoms with E-state index in [1.807, 2.05) is 41.8 Å². The number of fused-ring (bicyclic) bond motifs is 1. The van der Waals surface area contributed by atoms with Crippen LogP contribution in [0.5, 0.6) is 17.2 Å². The molecule has 0 radical (unpaired) electrons. The second-order valence-corrected chi connectivity index (χ2v) is 7.73. The lowest BCUT2D eigenvalue weighted by atomic mass is 10.2. The summed E-state index contributed by atoms with van der Waals surface area (Å²) in [5, 5.41) is 1.95. The fraction of sp³-hybridized carbons (Fsp3) is 0.182. The standard InChI is InChI=1S/C22H21N3O5S/c1-28-18-7-3-2-5-16(18)12-25(13-17-6-4-10-31-17)22(27)24-23-21(26)15-8-9-19-20(11-15)30-14-29-19/h2-11H,12-14H2,1H3,(H,23,26)(H,24,27). The molecule has 0 spiro atoms. The summed E-state index contributed by atoms with van der Waals surface area (Å²) in [6.07, 6.45) is 0. The maximum absolute atomic E-state index is 12.9. The van der Waals surface area contributed by atoms with E-state index in [1.54, 1.807) is 41.5 Å². The van der Waals surface area contributed by atoms with Crippen molar-refractivity contribution < 1.29 is 23.8 Å². The number of hydrogen-bond donors (Lipinski definition) is 2. The Morgan fingerprint density at radius 2 is 1.87 bits per heavy atom. The summed E-state index contributed by atoms with van der Waals surface area (Å²) in [5.74, 6) is 1.31. The molecule has 160 valence electrons. The predicted octanol–water partition coefficient (Wildman–Crippen LogP) is 3.54. The topological polar surface area (TPSA) is 89.1 Å². The molecule has 0 unspecified atom stereocenters. The SMILES string of the molecule is COc1ccccc1CN(Cc1cccs1)C(=O)NNC(=O)c1ccc2c(c1)OCO2. The van der Waals surface area contributed by atoms with Crippen molar-refractivity contribution in [3.8, 4) is 17.2 Å². The van der Waals surface area contributed by atoms with Gasteiger partial charge in [-0.3, -0.25) is 10.2 Å². The maximum Gasteiger partial charge on any atom is 0.336 e. The zero-order valence-electron chi connectivity index (χ0n) is 16.8. The van der Waals surface area contributed by atoms with Gasteiger partial charge < -0.3 is 19.1 Å². The number of benzene rings is 2. The number of carbonyl (C=O) groups excluding carboxylic acids is 2. The van der Waals surface area contributed by atoms with Crippen LogP contribution in [0.25, 0.3) is 0 Å². The Hall–Kier alpha value is -3.72. The van der Waals surface area contributed by atoms with E-state index in [2.05, 4.69) is 10.9 Å². The molecule has 31 heavy (non-hydrogen) atoms. The van der Waals surface area contributed by atoms with Crippen LogP contribution in [0.4, 0.5) is 4.79 Å². The van der Waals surface area contributed by atoms with Crippen molar-refractivity contribution in [2.45, 2.75) is 13.1 Å². The van der Waals surface area contributed by atoms with E-state index in [1.165, 1.54) is 0 Å². The Morgan fingerprint density at radius 3 is 2.68 bits per heavy atom. The van der Waals surface area contributed by atoms with Gasteiger partial charge in [-0.05, 0) is 35.7 Å². The molecule has 1 aliphatic heterocycles. The lowest BCUT2D eigenvalue weighted by Gasteiger charge is -2.23. The van der Waals surface area contributed by atoms with Gasteiger partial charge in [0, 0.05) is 16.0 Å². The first kappa shape index (κ1) is 20.5. The normalized spacial score (nSPS) is 11.6. The van der Waals surface area contributed by atoms with E-state index in [4.69, 9.17) is 14.2 Å². The fourth-order valence-corrected chi connectivity index (χ4v) is 3.85. The highest BCUT2D eigenvalue weighted by molar-refractivity contribution is 7.09. The van der Waals surface area contributed by atoms with Gasteiger partial charge in [0.25, 0.3) is 5.91 Å². The van der Waals surface area contributed by atoms with Crippen LogP contribution in [-0.2, 0) is 13.1 Å². The number of amides is 3. The Kier molecular flexibility index (Phi) is 6.23. The lowest BCUT2D eigenvalue weighted by Crippen LogP contribution is -2.48. The average Bonchev–Trinajstić information content (AvgIpc) is 3.48. The van der Waals surface area contributed by atoms with Gasteiger partial charge in [0.15, 0.2) is 11.5 Å². The second-order valence-electron chi connectivity index (χ2n) is 6.70. The maximum atomic E-state index is 12.9. The number of thiophene rings is 1. The Labute approximate surface area is 183 Å². The molecule has 9 heteroatoms. The van der Waals surface area contributed by atoms with E-state index < -0.39 is 11.9 Å². The molecule has 2 aromatic carbocycles. The number of para-hydroxylation sites is 1. The van der Waals surface area contributed by atoms with Crippen molar-refractivity contribution >= 4 is 23.3 Å². The molecule has 1 aliphatic rings. The first-order valence-corrected chi connectivity index (χ1v) is 10.4. The van der Waals surface area contributed by atoms with Crippen molar-refractivity contribution in [1.29, 1.82) is 0 Å². The van der Waals surface area contributed by atoms with Crippen LogP contribution in [0.1, 0.15) is 20.8 Å². The third kappa shape index (κ3) is 4.89. The summed E-state index contributed by atoms with van der Waals surface area (Å²) in [6.45, 7) is 0.826. The first-order valence-electron chi connectivity index (χ1n) is 9.53. The minimum Gasteiger partial charge on any atom is -0.496 e. The number of methoxy groups -OCH3 is 1. The molecule has 0 atom stereocenters. The zero-order valence-corrected chi connectivity index (χ0v) is 17.6. The Morgan fingerprint density at radius 1 is 1.03 bits per heavy atom. The van der Waals surface area contributed by atoms with Gasteiger partial charge >= 0.3 is 6.03 Å². The molecule has 0 saturated carbocycles. The molecule has 0 fully saturated rings. The Balaban J connectivity index is 1.44. The summed E-state index contributed by atoms with van der Waals surface area (Å²) < 4.78 is 15.9. The predicted molar refractivity (Wildman–Crippen MR) is 115 cm³/mol. The molecular formula is C22H21N3O5S. The van der Waals surface area contributed by atoms with E-state index >= 15 is 0 Å². The van der Waals surface area contributed by atoms with Gasteiger partial charge in [0.1, 0.15) is 5.75 Å².